The number of benzene rings is 1. The minimum atomic E-state index is -0.250. The number of rotatable bonds is 3. The predicted molar refractivity (Wildman–Crippen MR) is 72.9 cm³/mol. The summed E-state index contributed by atoms with van der Waals surface area (Å²) in [6.07, 6.45) is 0.328. The second-order valence-electron chi connectivity index (χ2n) is 5.08. The van der Waals surface area contributed by atoms with Crippen molar-refractivity contribution < 1.29 is 9.53 Å². The monoisotopic (exact) mass is 258 g/mol. The molecule has 0 bridgehead atoms. The molecule has 2 unspecified atom stereocenters. The maximum atomic E-state index is 12.1. The Morgan fingerprint density at radius 2 is 2.11 bits per heavy atom. The van der Waals surface area contributed by atoms with Crippen molar-refractivity contribution in [3.8, 4) is 11.8 Å². The maximum Gasteiger partial charge on any atom is 0.228 e. The SMILES string of the molecule is CC(C)Oc1ccccc1N1C(=O)CC(C#N)C1C. The van der Waals surface area contributed by atoms with E-state index in [1.54, 1.807) is 4.90 Å². The summed E-state index contributed by atoms with van der Waals surface area (Å²) < 4.78 is 5.75. The van der Waals surface area contributed by atoms with E-state index in [0.717, 1.165) is 5.69 Å². The minimum Gasteiger partial charge on any atom is -0.489 e. The molecule has 0 spiro atoms. The third-order valence-electron chi connectivity index (χ3n) is 3.31. The molecule has 1 amide bonds. The lowest BCUT2D eigenvalue weighted by Crippen LogP contribution is -2.33. The van der Waals surface area contributed by atoms with Crippen LogP contribution in [0.2, 0.25) is 0 Å². The lowest BCUT2D eigenvalue weighted by molar-refractivity contribution is -0.117. The molecule has 1 aromatic rings. The van der Waals surface area contributed by atoms with Crippen LogP contribution in [0.25, 0.3) is 0 Å². The lowest BCUT2D eigenvalue weighted by atomic mass is 10.0. The standard InChI is InChI=1S/C15H18N2O2/c1-10(2)19-14-7-5-4-6-13(14)17-11(3)12(9-16)8-15(17)18/h4-7,10-12H,8H2,1-3H3. The van der Waals surface area contributed by atoms with E-state index in [2.05, 4.69) is 6.07 Å². The highest BCUT2D eigenvalue weighted by Crippen LogP contribution is 2.36. The molecule has 4 heteroatoms. The van der Waals surface area contributed by atoms with Gasteiger partial charge < -0.3 is 9.64 Å². The Balaban J connectivity index is 2.37. The first-order chi connectivity index (χ1) is 9.04. The van der Waals surface area contributed by atoms with E-state index in [0.29, 0.717) is 5.75 Å². The van der Waals surface area contributed by atoms with Crippen LogP contribution in [-0.2, 0) is 4.79 Å². The summed E-state index contributed by atoms with van der Waals surface area (Å²) in [6.45, 7) is 5.80. The number of amides is 1. The molecule has 0 aromatic heterocycles. The van der Waals surface area contributed by atoms with Gasteiger partial charge in [-0.15, -0.1) is 0 Å². The van der Waals surface area contributed by atoms with Crippen molar-refractivity contribution in [3.05, 3.63) is 24.3 Å². The number of carbonyl (C=O) groups is 1. The summed E-state index contributed by atoms with van der Waals surface area (Å²) >= 11 is 0. The Kier molecular flexibility index (Phi) is 3.75. The van der Waals surface area contributed by atoms with Crippen LogP contribution >= 0.6 is 0 Å². The van der Waals surface area contributed by atoms with Gasteiger partial charge in [0.25, 0.3) is 0 Å². The summed E-state index contributed by atoms with van der Waals surface area (Å²) in [7, 11) is 0. The number of para-hydroxylation sites is 2. The van der Waals surface area contributed by atoms with E-state index in [1.165, 1.54) is 0 Å². The van der Waals surface area contributed by atoms with Gasteiger partial charge in [-0.05, 0) is 32.9 Å². The number of hydrogen-bond acceptors (Lipinski definition) is 3. The highest BCUT2D eigenvalue weighted by molar-refractivity contribution is 5.98. The van der Waals surface area contributed by atoms with Gasteiger partial charge in [0.15, 0.2) is 0 Å². The molecule has 2 atom stereocenters. The van der Waals surface area contributed by atoms with Crippen molar-refractivity contribution in [3.63, 3.8) is 0 Å². The number of anilines is 1. The van der Waals surface area contributed by atoms with Crippen molar-refractivity contribution >= 4 is 11.6 Å². The highest BCUT2D eigenvalue weighted by atomic mass is 16.5. The van der Waals surface area contributed by atoms with Crippen molar-refractivity contribution in [1.82, 2.24) is 0 Å². The van der Waals surface area contributed by atoms with Gasteiger partial charge in [-0.1, -0.05) is 12.1 Å². The van der Waals surface area contributed by atoms with Crippen LogP contribution in [-0.4, -0.2) is 18.1 Å². The van der Waals surface area contributed by atoms with Gasteiger partial charge in [0, 0.05) is 6.42 Å². The molecule has 1 aliphatic heterocycles. The summed E-state index contributed by atoms with van der Waals surface area (Å²) in [5, 5.41) is 9.07. The summed E-state index contributed by atoms with van der Waals surface area (Å²) in [4.78, 5) is 13.8. The molecule has 4 nitrogen and oxygen atoms in total. The Labute approximate surface area is 113 Å². The summed E-state index contributed by atoms with van der Waals surface area (Å²) in [5.41, 5.74) is 0.756. The topological polar surface area (TPSA) is 53.3 Å². The van der Waals surface area contributed by atoms with E-state index in [1.807, 2.05) is 45.0 Å². The Hall–Kier alpha value is -2.02. The zero-order chi connectivity index (χ0) is 14.0. The summed E-state index contributed by atoms with van der Waals surface area (Å²) in [5.74, 6) is 0.426. The molecule has 1 aliphatic rings. The van der Waals surface area contributed by atoms with Gasteiger partial charge in [-0.3, -0.25) is 4.79 Å². The normalized spacial score (nSPS) is 22.7. The average molecular weight is 258 g/mol. The average Bonchev–Trinajstić information content (AvgIpc) is 2.65. The molecule has 0 N–H and O–H groups in total. The van der Waals surface area contributed by atoms with Gasteiger partial charge in [0.1, 0.15) is 5.75 Å². The Morgan fingerprint density at radius 1 is 1.42 bits per heavy atom. The Bertz CT molecular complexity index is 519. The third-order valence-corrected chi connectivity index (χ3v) is 3.31. The first-order valence-electron chi connectivity index (χ1n) is 6.52. The van der Waals surface area contributed by atoms with Gasteiger partial charge in [0.05, 0.1) is 29.8 Å². The second kappa shape index (κ2) is 5.31. The molecule has 1 saturated heterocycles. The maximum absolute atomic E-state index is 12.1. The van der Waals surface area contributed by atoms with E-state index < -0.39 is 0 Å². The van der Waals surface area contributed by atoms with E-state index >= 15 is 0 Å². The molecule has 1 fully saturated rings. The quantitative estimate of drug-likeness (QED) is 0.837. The van der Waals surface area contributed by atoms with Crippen molar-refractivity contribution in [2.24, 2.45) is 5.92 Å². The van der Waals surface area contributed by atoms with E-state index in [-0.39, 0.29) is 30.4 Å². The first-order valence-corrected chi connectivity index (χ1v) is 6.52. The molecule has 0 radical (unpaired) electrons. The van der Waals surface area contributed by atoms with Crippen LogP contribution in [0.3, 0.4) is 0 Å². The summed E-state index contributed by atoms with van der Waals surface area (Å²) in [6, 6.07) is 9.57. The Morgan fingerprint density at radius 3 is 2.68 bits per heavy atom. The minimum absolute atomic E-state index is 0.0149. The number of nitrogens with zero attached hydrogens (tertiary/aromatic N) is 2. The number of carbonyl (C=O) groups excluding carboxylic acids is 1. The fourth-order valence-corrected chi connectivity index (χ4v) is 2.38. The van der Waals surface area contributed by atoms with Crippen molar-refractivity contribution in [2.45, 2.75) is 39.3 Å². The molecule has 0 aliphatic carbocycles. The largest absolute Gasteiger partial charge is 0.489 e. The van der Waals surface area contributed by atoms with Crippen LogP contribution in [0, 0.1) is 17.2 Å². The molecular formula is C15H18N2O2. The molecular weight excluding hydrogens is 240 g/mol. The highest BCUT2D eigenvalue weighted by Gasteiger charge is 2.38. The number of hydrogen-bond donors (Lipinski definition) is 0. The second-order valence-corrected chi connectivity index (χ2v) is 5.08. The molecule has 2 rings (SSSR count). The van der Waals surface area contributed by atoms with Crippen LogP contribution in [0.4, 0.5) is 5.69 Å². The van der Waals surface area contributed by atoms with Crippen LogP contribution < -0.4 is 9.64 Å². The number of ether oxygens (including phenoxy) is 1. The first kappa shape index (κ1) is 13.4. The predicted octanol–water partition coefficient (Wildman–Crippen LogP) is 2.74. The molecule has 1 aromatic carbocycles. The molecule has 0 saturated carbocycles. The lowest BCUT2D eigenvalue weighted by Gasteiger charge is -2.25. The zero-order valence-corrected chi connectivity index (χ0v) is 11.5. The third kappa shape index (κ3) is 2.55. The van der Waals surface area contributed by atoms with Gasteiger partial charge >= 0.3 is 0 Å². The van der Waals surface area contributed by atoms with Gasteiger partial charge in [0.2, 0.25) is 5.91 Å². The zero-order valence-electron chi connectivity index (χ0n) is 11.5. The molecule has 1 heterocycles. The fraction of sp³-hybridized carbons (Fsp3) is 0.467. The van der Waals surface area contributed by atoms with Crippen LogP contribution in [0.5, 0.6) is 5.75 Å². The molecule has 19 heavy (non-hydrogen) atoms. The smallest absolute Gasteiger partial charge is 0.228 e. The van der Waals surface area contributed by atoms with Crippen molar-refractivity contribution in [2.75, 3.05) is 4.90 Å². The van der Waals surface area contributed by atoms with E-state index in [9.17, 15) is 4.79 Å². The molecule has 100 valence electrons. The van der Waals surface area contributed by atoms with Gasteiger partial charge in [-0.2, -0.15) is 5.26 Å². The van der Waals surface area contributed by atoms with Crippen LogP contribution in [0.1, 0.15) is 27.2 Å². The number of nitriles is 1. The fourth-order valence-electron chi connectivity index (χ4n) is 2.38. The van der Waals surface area contributed by atoms with Gasteiger partial charge in [-0.25, -0.2) is 0 Å². The van der Waals surface area contributed by atoms with Crippen LogP contribution in [0.15, 0.2) is 24.3 Å². The van der Waals surface area contributed by atoms with Crippen molar-refractivity contribution in [1.29, 1.82) is 5.26 Å². The van der Waals surface area contributed by atoms with E-state index in [4.69, 9.17) is 10.00 Å².